The fourth-order valence-corrected chi connectivity index (χ4v) is 2.90. The van der Waals surface area contributed by atoms with Crippen molar-refractivity contribution in [2.45, 2.75) is 18.8 Å². The van der Waals surface area contributed by atoms with Gasteiger partial charge in [0.1, 0.15) is 5.82 Å². The summed E-state index contributed by atoms with van der Waals surface area (Å²) in [6, 6.07) is 5.04. The van der Waals surface area contributed by atoms with E-state index >= 15 is 0 Å². The van der Waals surface area contributed by atoms with E-state index in [1.54, 1.807) is 12.1 Å². The second-order valence-corrected chi connectivity index (χ2v) is 4.95. The van der Waals surface area contributed by atoms with Crippen LogP contribution >= 0.6 is 15.9 Å². The third-order valence-electron chi connectivity index (χ3n) is 3.11. The van der Waals surface area contributed by atoms with Crippen LogP contribution in [0.25, 0.3) is 10.9 Å². The van der Waals surface area contributed by atoms with Crippen molar-refractivity contribution in [3.05, 3.63) is 34.2 Å². The van der Waals surface area contributed by atoms with Crippen molar-refractivity contribution in [1.29, 1.82) is 0 Å². The van der Waals surface area contributed by atoms with E-state index in [4.69, 9.17) is 0 Å². The standard InChI is InChI=1S/C12H11BrFN/c1-15-10-6-8(14)4-5-9(10)11(12(15)13)7-2-3-7/h4-7H,2-3H2,1H3. The molecule has 2 aromatic rings. The first-order valence-electron chi connectivity index (χ1n) is 5.12. The third kappa shape index (κ3) is 1.33. The maximum atomic E-state index is 13.1. The fraction of sp³-hybridized carbons (Fsp3) is 0.333. The smallest absolute Gasteiger partial charge is 0.125 e. The third-order valence-corrected chi connectivity index (χ3v) is 4.07. The van der Waals surface area contributed by atoms with Crippen LogP contribution in [0.4, 0.5) is 4.39 Å². The number of nitrogens with zero attached hydrogens (tertiary/aromatic N) is 1. The van der Waals surface area contributed by atoms with Gasteiger partial charge in [-0.2, -0.15) is 0 Å². The minimum atomic E-state index is -0.169. The predicted molar refractivity (Wildman–Crippen MR) is 62.6 cm³/mol. The van der Waals surface area contributed by atoms with Gasteiger partial charge in [0.05, 0.1) is 10.1 Å². The van der Waals surface area contributed by atoms with E-state index in [0.717, 1.165) is 10.1 Å². The van der Waals surface area contributed by atoms with Crippen LogP contribution in [0, 0.1) is 5.82 Å². The van der Waals surface area contributed by atoms with Crippen LogP contribution < -0.4 is 0 Å². The van der Waals surface area contributed by atoms with E-state index in [-0.39, 0.29) is 5.82 Å². The summed E-state index contributed by atoms with van der Waals surface area (Å²) < 4.78 is 16.3. The molecule has 0 unspecified atom stereocenters. The lowest BCUT2D eigenvalue weighted by Gasteiger charge is -1.97. The minimum Gasteiger partial charge on any atom is -0.338 e. The van der Waals surface area contributed by atoms with Gasteiger partial charge in [-0.1, -0.05) is 0 Å². The molecule has 78 valence electrons. The summed E-state index contributed by atoms with van der Waals surface area (Å²) in [5.74, 6) is 0.506. The van der Waals surface area contributed by atoms with Gasteiger partial charge in [0, 0.05) is 12.4 Å². The van der Waals surface area contributed by atoms with Crippen molar-refractivity contribution in [2.24, 2.45) is 7.05 Å². The van der Waals surface area contributed by atoms with Crippen molar-refractivity contribution < 1.29 is 4.39 Å². The zero-order chi connectivity index (χ0) is 10.6. The van der Waals surface area contributed by atoms with E-state index in [0.29, 0.717) is 5.92 Å². The first kappa shape index (κ1) is 9.40. The number of aryl methyl sites for hydroxylation is 1. The summed E-state index contributed by atoms with van der Waals surface area (Å²) in [5.41, 5.74) is 2.33. The Morgan fingerprint density at radius 3 is 2.80 bits per heavy atom. The zero-order valence-electron chi connectivity index (χ0n) is 8.43. The van der Waals surface area contributed by atoms with Gasteiger partial charge in [0.2, 0.25) is 0 Å². The van der Waals surface area contributed by atoms with Crippen molar-refractivity contribution in [1.82, 2.24) is 4.57 Å². The average Bonchev–Trinajstić information content (AvgIpc) is 3.00. The summed E-state index contributed by atoms with van der Waals surface area (Å²) >= 11 is 3.60. The molecule has 1 fully saturated rings. The van der Waals surface area contributed by atoms with E-state index in [9.17, 15) is 4.39 Å². The highest BCUT2D eigenvalue weighted by atomic mass is 79.9. The molecule has 0 N–H and O–H groups in total. The quantitative estimate of drug-likeness (QED) is 0.737. The molecule has 0 radical (unpaired) electrons. The van der Waals surface area contributed by atoms with E-state index in [1.165, 1.54) is 23.8 Å². The first-order chi connectivity index (χ1) is 7.18. The van der Waals surface area contributed by atoms with Gasteiger partial charge in [0.15, 0.2) is 0 Å². The molecule has 0 amide bonds. The maximum absolute atomic E-state index is 13.1. The van der Waals surface area contributed by atoms with E-state index < -0.39 is 0 Å². The average molecular weight is 268 g/mol. The number of hydrogen-bond acceptors (Lipinski definition) is 0. The van der Waals surface area contributed by atoms with Crippen molar-refractivity contribution in [3.63, 3.8) is 0 Å². The Morgan fingerprint density at radius 1 is 1.40 bits per heavy atom. The minimum absolute atomic E-state index is 0.169. The van der Waals surface area contributed by atoms with Crippen LogP contribution in [0.1, 0.15) is 24.3 Å². The lowest BCUT2D eigenvalue weighted by Crippen LogP contribution is -1.87. The van der Waals surface area contributed by atoms with Gasteiger partial charge < -0.3 is 4.57 Å². The van der Waals surface area contributed by atoms with Gasteiger partial charge in [-0.3, -0.25) is 0 Å². The monoisotopic (exact) mass is 267 g/mol. The number of benzene rings is 1. The number of halogens is 2. The van der Waals surface area contributed by atoms with Gasteiger partial charge >= 0.3 is 0 Å². The van der Waals surface area contributed by atoms with Crippen LogP contribution in [-0.2, 0) is 7.05 Å². The van der Waals surface area contributed by atoms with E-state index in [2.05, 4.69) is 15.9 Å². The molecule has 0 bridgehead atoms. The number of aromatic nitrogens is 1. The van der Waals surface area contributed by atoms with Crippen molar-refractivity contribution in [3.8, 4) is 0 Å². The molecule has 1 aliphatic rings. The van der Waals surface area contributed by atoms with Gasteiger partial charge in [-0.05, 0) is 58.5 Å². The summed E-state index contributed by atoms with van der Waals surface area (Å²) in [6.07, 6.45) is 2.52. The molecule has 1 nitrogen and oxygen atoms in total. The SMILES string of the molecule is Cn1c(Br)c(C2CC2)c2ccc(F)cc21. The van der Waals surface area contributed by atoms with Gasteiger partial charge in [-0.15, -0.1) is 0 Å². The van der Waals surface area contributed by atoms with E-state index in [1.807, 2.05) is 17.7 Å². The first-order valence-corrected chi connectivity index (χ1v) is 5.91. The van der Waals surface area contributed by atoms with Crippen molar-refractivity contribution in [2.75, 3.05) is 0 Å². The van der Waals surface area contributed by atoms with Gasteiger partial charge in [0.25, 0.3) is 0 Å². The molecule has 1 aliphatic carbocycles. The molecule has 1 aromatic carbocycles. The molecule has 0 atom stereocenters. The summed E-state index contributed by atoms with van der Waals surface area (Å²) in [5, 5.41) is 1.19. The summed E-state index contributed by atoms with van der Waals surface area (Å²) in [4.78, 5) is 0. The Morgan fingerprint density at radius 2 is 2.13 bits per heavy atom. The second kappa shape index (κ2) is 3.08. The maximum Gasteiger partial charge on any atom is 0.125 e. The lowest BCUT2D eigenvalue weighted by atomic mass is 10.1. The molecule has 15 heavy (non-hydrogen) atoms. The second-order valence-electron chi connectivity index (χ2n) is 4.20. The Labute approximate surface area is 96.0 Å². The summed E-state index contributed by atoms with van der Waals surface area (Å²) in [6.45, 7) is 0. The van der Waals surface area contributed by atoms with Crippen molar-refractivity contribution >= 4 is 26.8 Å². The Balaban J connectivity index is 2.38. The molecule has 1 saturated carbocycles. The molecular weight excluding hydrogens is 257 g/mol. The highest BCUT2D eigenvalue weighted by molar-refractivity contribution is 9.10. The molecular formula is C12H11BrFN. The highest BCUT2D eigenvalue weighted by Gasteiger charge is 2.29. The Kier molecular flexibility index (Phi) is 1.93. The molecule has 1 aromatic heterocycles. The molecule has 1 heterocycles. The topological polar surface area (TPSA) is 4.93 Å². The lowest BCUT2D eigenvalue weighted by molar-refractivity contribution is 0.629. The normalized spacial score (nSPS) is 16.2. The van der Waals surface area contributed by atoms with Crippen LogP contribution in [0.5, 0.6) is 0 Å². The number of rotatable bonds is 1. The van der Waals surface area contributed by atoms with Crippen LogP contribution in [0.2, 0.25) is 0 Å². The van der Waals surface area contributed by atoms with Crippen LogP contribution in [0.3, 0.4) is 0 Å². The van der Waals surface area contributed by atoms with Crippen LogP contribution in [0.15, 0.2) is 22.8 Å². The molecule has 0 aliphatic heterocycles. The highest BCUT2D eigenvalue weighted by Crippen LogP contribution is 2.47. The molecule has 0 saturated heterocycles. The molecule has 3 rings (SSSR count). The fourth-order valence-electron chi connectivity index (χ4n) is 2.17. The number of fused-ring (bicyclic) bond motifs is 1. The molecule has 3 heteroatoms. The number of hydrogen-bond donors (Lipinski definition) is 0. The Bertz CT molecular complexity index is 540. The Hall–Kier alpha value is -0.830. The predicted octanol–water partition coefficient (Wildman–Crippen LogP) is 3.96. The van der Waals surface area contributed by atoms with Gasteiger partial charge in [-0.25, -0.2) is 4.39 Å². The largest absolute Gasteiger partial charge is 0.338 e. The zero-order valence-corrected chi connectivity index (χ0v) is 10.0. The summed E-state index contributed by atoms with van der Waals surface area (Å²) in [7, 11) is 1.97. The van der Waals surface area contributed by atoms with Crippen LogP contribution in [-0.4, -0.2) is 4.57 Å². The molecule has 0 spiro atoms.